The highest BCUT2D eigenvalue weighted by Gasteiger charge is 2.70. The standard InChI is InChI=1S/C11H16O8/c1-5(12)10(4,7(15)16)11(19,8(17)18)9(2,3)6(13)14/h19H,1-4H3,(H,13,14)(H,15,16)(H,17,18). The highest BCUT2D eigenvalue weighted by molar-refractivity contribution is 6.09. The van der Waals surface area contributed by atoms with Gasteiger partial charge in [0.05, 0.1) is 0 Å². The number of carbonyl (C=O) groups is 4. The maximum absolute atomic E-state index is 11.5. The summed E-state index contributed by atoms with van der Waals surface area (Å²) >= 11 is 0. The van der Waals surface area contributed by atoms with E-state index in [0.29, 0.717) is 6.92 Å². The average molecular weight is 276 g/mol. The highest BCUT2D eigenvalue weighted by Crippen LogP contribution is 2.46. The average Bonchev–Trinajstić information content (AvgIpc) is 2.24. The van der Waals surface area contributed by atoms with Gasteiger partial charge in [-0.1, -0.05) is 0 Å². The van der Waals surface area contributed by atoms with Crippen LogP contribution in [0.4, 0.5) is 0 Å². The molecule has 4 N–H and O–H groups in total. The molecule has 2 atom stereocenters. The Labute approximate surface area is 108 Å². The van der Waals surface area contributed by atoms with Crippen molar-refractivity contribution in [2.75, 3.05) is 0 Å². The van der Waals surface area contributed by atoms with Gasteiger partial charge in [0.2, 0.25) is 0 Å². The Balaban J connectivity index is 6.52. The van der Waals surface area contributed by atoms with Crippen molar-refractivity contribution in [1.29, 1.82) is 0 Å². The van der Waals surface area contributed by atoms with E-state index < -0.39 is 40.1 Å². The molecule has 8 heteroatoms. The third-order valence-corrected chi connectivity index (χ3v) is 3.60. The van der Waals surface area contributed by atoms with Gasteiger partial charge in [0, 0.05) is 0 Å². The smallest absolute Gasteiger partial charge is 0.338 e. The van der Waals surface area contributed by atoms with Crippen molar-refractivity contribution >= 4 is 23.7 Å². The first-order chi connectivity index (χ1) is 8.27. The molecule has 0 heterocycles. The van der Waals surface area contributed by atoms with Crippen LogP contribution in [0.1, 0.15) is 27.7 Å². The number of hydrogen-bond donors (Lipinski definition) is 4. The zero-order chi connectivity index (χ0) is 15.8. The number of carboxylic acids is 3. The molecular weight excluding hydrogens is 260 g/mol. The van der Waals surface area contributed by atoms with Gasteiger partial charge in [-0.05, 0) is 27.7 Å². The summed E-state index contributed by atoms with van der Waals surface area (Å²) in [5, 5.41) is 37.5. The van der Waals surface area contributed by atoms with E-state index in [-0.39, 0.29) is 0 Å². The predicted molar refractivity (Wildman–Crippen MR) is 60.4 cm³/mol. The lowest BCUT2D eigenvalue weighted by Crippen LogP contribution is -2.69. The van der Waals surface area contributed by atoms with E-state index >= 15 is 0 Å². The molecule has 0 fully saturated rings. The lowest BCUT2D eigenvalue weighted by molar-refractivity contribution is -0.213. The van der Waals surface area contributed by atoms with Crippen LogP contribution < -0.4 is 0 Å². The minimum absolute atomic E-state index is 0.691. The summed E-state index contributed by atoms with van der Waals surface area (Å²) in [4.78, 5) is 45.2. The van der Waals surface area contributed by atoms with Gasteiger partial charge < -0.3 is 20.4 Å². The Hall–Kier alpha value is -1.96. The first-order valence-corrected chi connectivity index (χ1v) is 5.21. The van der Waals surface area contributed by atoms with Crippen molar-refractivity contribution in [3.63, 3.8) is 0 Å². The van der Waals surface area contributed by atoms with Gasteiger partial charge in [0.1, 0.15) is 11.2 Å². The molecule has 0 aliphatic carbocycles. The number of ketones is 1. The van der Waals surface area contributed by atoms with Gasteiger partial charge in [0.15, 0.2) is 11.0 Å². The summed E-state index contributed by atoms with van der Waals surface area (Å²) in [6.45, 7) is 3.15. The Morgan fingerprint density at radius 2 is 1.16 bits per heavy atom. The third-order valence-electron chi connectivity index (χ3n) is 3.60. The number of Topliss-reactive ketones (excluding diaryl/α,β-unsaturated/α-hetero) is 1. The van der Waals surface area contributed by atoms with Crippen molar-refractivity contribution in [3.8, 4) is 0 Å². The van der Waals surface area contributed by atoms with E-state index in [4.69, 9.17) is 15.3 Å². The lowest BCUT2D eigenvalue weighted by Gasteiger charge is -2.44. The quantitative estimate of drug-likeness (QED) is 0.478. The van der Waals surface area contributed by atoms with Crippen molar-refractivity contribution < 1.29 is 39.6 Å². The molecule has 19 heavy (non-hydrogen) atoms. The molecule has 0 radical (unpaired) electrons. The third kappa shape index (κ3) is 1.97. The normalized spacial score (nSPS) is 17.9. The maximum atomic E-state index is 11.5. The summed E-state index contributed by atoms with van der Waals surface area (Å²) in [6, 6.07) is 0. The number of hydrogen-bond acceptors (Lipinski definition) is 5. The molecule has 0 aromatic heterocycles. The van der Waals surface area contributed by atoms with Gasteiger partial charge in [-0.2, -0.15) is 0 Å². The van der Waals surface area contributed by atoms with Crippen LogP contribution in [0.2, 0.25) is 0 Å². The zero-order valence-corrected chi connectivity index (χ0v) is 10.9. The fourth-order valence-electron chi connectivity index (χ4n) is 1.82. The van der Waals surface area contributed by atoms with Crippen molar-refractivity contribution in [1.82, 2.24) is 0 Å². The van der Waals surface area contributed by atoms with Gasteiger partial charge in [-0.3, -0.25) is 14.4 Å². The van der Waals surface area contributed by atoms with Gasteiger partial charge in [-0.25, -0.2) is 4.79 Å². The molecule has 0 spiro atoms. The molecule has 108 valence electrons. The van der Waals surface area contributed by atoms with Crippen molar-refractivity contribution in [3.05, 3.63) is 0 Å². The number of rotatable bonds is 6. The number of carboxylic acid groups (broad SMARTS) is 3. The van der Waals surface area contributed by atoms with Gasteiger partial charge >= 0.3 is 17.9 Å². The Morgan fingerprint density at radius 1 is 0.789 bits per heavy atom. The first-order valence-electron chi connectivity index (χ1n) is 5.21. The van der Waals surface area contributed by atoms with E-state index in [2.05, 4.69) is 0 Å². The molecule has 0 bridgehead atoms. The Kier molecular flexibility index (Phi) is 4.14. The molecule has 0 aliphatic heterocycles. The van der Waals surface area contributed by atoms with Crippen LogP contribution in [0, 0.1) is 10.8 Å². The van der Waals surface area contributed by atoms with E-state index in [1.165, 1.54) is 0 Å². The molecule has 0 amide bonds. The second-order valence-electron chi connectivity index (χ2n) is 4.93. The lowest BCUT2D eigenvalue weighted by atomic mass is 9.58. The summed E-state index contributed by atoms with van der Waals surface area (Å²) in [7, 11) is 0. The van der Waals surface area contributed by atoms with Crippen LogP contribution in [-0.2, 0) is 19.2 Å². The van der Waals surface area contributed by atoms with Crippen LogP contribution in [0.25, 0.3) is 0 Å². The fraction of sp³-hybridized carbons (Fsp3) is 0.636. The topological polar surface area (TPSA) is 149 Å². The van der Waals surface area contributed by atoms with Crippen LogP contribution in [0.5, 0.6) is 0 Å². The minimum atomic E-state index is -3.32. The molecule has 8 nitrogen and oxygen atoms in total. The maximum Gasteiger partial charge on any atom is 0.338 e. The van der Waals surface area contributed by atoms with E-state index in [0.717, 1.165) is 20.8 Å². The SMILES string of the molecule is CC(=O)C(C)(C(=O)O)C(O)(C(=O)O)C(C)(C)C(=O)O. The van der Waals surface area contributed by atoms with Gasteiger partial charge in [-0.15, -0.1) is 0 Å². The molecule has 0 rings (SSSR count). The summed E-state index contributed by atoms with van der Waals surface area (Å²) in [5.41, 5.74) is -8.53. The van der Waals surface area contributed by atoms with Crippen LogP contribution in [0.15, 0.2) is 0 Å². The summed E-state index contributed by atoms with van der Waals surface area (Å²) in [6.07, 6.45) is 0. The van der Waals surface area contributed by atoms with E-state index in [9.17, 15) is 24.3 Å². The Morgan fingerprint density at radius 3 is 1.32 bits per heavy atom. The molecule has 0 aromatic carbocycles. The number of aliphatic carboxylic acids is 3. The molecule has 0 aliphatic rings. The van der Waals surface area contributed by atoms with Crippen molar-refractivity contribution in [2.24, 2.45) is 10.8 Å². The largest absolute Gasteiger partial charge is 0.481 e. The predicted octanol–water partition coefficient (Wildman–Crippen LogP) is -0.407. The second-order valence-corrected chi connectivity index (χ2v) is 4.93. The van der Waals surface area contributed by atoms with E-state index in [1.54, 1.807) is 0 Å². The molecule has 0 aromatic rings. The molecule has 0 saturated carbocycles. The molecular formula is C11H16O8. The second kappa shape index (κ2) is 4.61. The number of aliphatic hydroxyl groups is 1. The van der Waals surface area contributed by atoms with Crippen molar-refractivity contribution in [2.45, 2.75) is 33.3 Å². The van der Waals surface area contributed by atoms with Crippen LogP contribution in [-0.4, -0.2) is 49.7 Å². The van der Waals surface area contributed by atoms with Crippen LogP contribution >= 0.6 is 0 Å². The van der Waals surface area contributed by atoms with Crippen LogP contribution in [0.3, 0.4) is 0 Å². The highest BCUT2D eigenvalue weighted by atomic mass is 16.4. The van der Waals surface area contributed by atoms with Gasteiger partial charge in [0.25, 0.3) is 0 Å². The van der Waals surface area contributed by atoms with E-state index in [1.807, 2.05) is 0 Å². The Bertz CT molecular complexity index is 436. The molecule has 2 unspecified atom stereocenters. The number of carbonyl (C=O) groups excluding carboxylic acids is 1. The fourth-order valence-corrected chi connectivity index (χ4v) is 1.82. The zero-order valence-electron chi connectivity index (χ0n) is 10.9. The molecule has 0 saturated heterocycles. The minimum Gasteiger partial charge on any atom is -0.481 e. The summed E-state index contributed by atoms with van der Waals surface area (Å²) < 4.78 is 0. The first kappa shape index (κ1) is 17.0. The monoisotopic (exact) mass is 276 g/mol. The summed E-state index contributed by atoms with van der Waals surface area (Å²) in [5.74, 6) is -6.93.